The van der Waals surface area contributed by atoms with E-state index in [1.165, 1.54) is 14.2 Å². The Kier molecular flexibility index (Phi) is 5.09. The van der Waals surface area contributed by atoms with Gasteiger partial charge in [0.1, 0.15) is 0 Å². The third-order valence-electron chi connectivity index (χ3n) is 3.47. The van der Waals surface area contributed by atoms with Gasteiger partial charge in [0.2, 0.25) is 0 Å². The van der Waals surface area contributed by atoms with E-state index in [0.29, 0.717) is 5.56 Å². The molecule has 0 saturated carbocycles. The molecule has 0 aromatic heterocycles. The number of hydroxylamine groups is 2. The third kappa shape index (κ3) is 3.48. The summed E-state index contributed by atoms with van der Waals surface area (Å²) in [6.45, 7) is 0. The Balaban J connectivity index is 2.39. The van der Waals surface area contributed by atoms with Crippen molar-refractivity contribution in [3.05, 3.63) is 71.8 Å². The average molecular weight is 285 g/mol. The molecule has 0 saturated heterocycles. The van der Waals surface area contributed by atoms with Crippen LogP contribution in [0.5, 0.6) is 0 Å². The first kappa shape index (κ1) is 15.2. The fraction of sp³-hybridized carbons (Fsp3) is 0.235. The maximum absolute atomic E-state index is 12.5. The number of amides is 1. The maximum atomic E-state index is 12.5. The summed E-state index contributed by atoms with van der Waals surface area (Å²) in [6.07, 6.45) is -0.932. The largest absolute Gasteiger partial charge is 0.387 e. The van der Waals surface area contributed by atoms with Crippen molar-refractivity contribution in [2.45, 2.75) is 12.0 Å². The van der Waals surface area contributed by atoms with Gasteiger partial charge in [-0.15, -0.1) is 0 Å². The molecule has 2 aromatic carbocycles. The Bertz CT molecular complexity index is 571. The van der Waals surface area contributed by atoms with E-state index in [4.69, 9.17) is 4.84 Å². The number of carbonyl (C=O) groups is 1. The van der Waals surface area contributed by atoms with Crippen molar-refractivity contribution in [3.63, 3.8) is 0 Å². The zero-order valence-electron chi connectivity index (χ0n) is 12.1. The smallest absolute Gasteiger partial charge is 0.256 e. The highest BCUT2D eigenvalue weighted by molar-refractivity contribution is 5.83. The van der Waals surface area contributed by atoms with Gasteiger partial charge >= 0.3 is 0 Å². The molecule has 110 valence electrons. The Hall–Kier alpha value is -2.17. The molecule has 0 aliphatic carbocycles. The van der Waals surface area contributed by atoms with Crippen LogP contribution in [-0.2, 0) is 9.63 Å². The lowest BCUT2D eigenvalue weighted by Gasteiger charge is -2.26. The third-order valence-corrected chi connectivity index (χ3v) is 3.47. The van der Waals surface area contributed by atoms with E-state index in [-0.39, 0.29) is 5.91 Å². The number of rotatable bonds is 5. The zero-order valence-corrected chi connectivity index (χ0v) is 12.1. The van der Waals surface area contributed by atoms with Crippen molar-refractivity contribution in [2.24, 2.45) is 0 Å². The first-order chi connectivity index (χ1) is 10.1. The van der Waals surface area contributed by atoms with Gasteiger partial charge < -0.3 is 5.11 Å². The van der Waals surface area contributed by atoms with Gasteiger partial charge in [0, 0.05) is 7.05 Å². The topological polar surface area (TPSA) is 49.8 Å². The first-order valence-corrected chi connectivity index (χ1v) is 6.74. The van der Waals surface area contributed by atoms with Crippen molar-refractivity contribution in [1.82, 2.24) is 5.06 Å². The van der Waals surface area contributed by atoms with E-state index in [0.717, 1.165) is 10.6 Å². The Labute approximate surface area is 124 Å². The van der Waals surface area contributed by atoms with E-state index in [2.05, 4.69) is 0 Å². The number of hydrogen-bond acceptors (Lipinski definition) is 3. The predicted molar refractivity (Wildman–Crippen MR) is 80.4 cm³/mol. The number of carbonyl (C=O) groups excluding carboxylic acids is 1. The maximum Gasteiger partial charge on any atom is 0.256 e. The summed E-state index contributed by atoms with van der Waals surface area (Å²) in [7, 11) is 2.96. The summed E-state index contributed by atoms with van der Waals surface area (Å²) in [5, 5.41) is 11.8. The minimum absolute atomic E-state index is 0.292. The van der Waals surface area contributed by atoms with Crippen LogP contribution >= 0.6 is 0 Å². The van der Waals surface area contributed by atoms with Crippen LogP contribution in [0, 0.1) is 0 Å². The van der Waals surface area contributed by atoms with Crippen molar-refractivity contribution in [3.8, 4) is 0 Å². The summed E-state index contributed by atoms with van der Waals surface area (Å²) in [4.78, 5) is 17.5. The lowest BCUT2D eigenvalue weighted by molar-refractivity contribution is -0.173. The molecule has 0 fully saturated rings. The second kappa shape index (κ2) is 7.02. The van der Waals surface area contributed by atoms with E-state index in [1.807, 2.05) is 48.5 Å². The number of aliphatic hydroxyl groups excluding tert-OH is 1. The van der Waals surface area contributed by atoms with Crippen molar-refractivity contribution < 1.29 is 14.7 Å². The van der Waals surface area contributed by atoms with Crippen molar-refractivity contribution in [2.75, 3.05) is 14.2 Å². The second-order valence-electron chi connectivity index (χ2n) is 4.76. The number of hydrogen-bond donors (Lipinski definition) is 1. The van der Waals surface area contributed by atoms with Crippen LogP contribution in [0.25, 0.3) is 0 Å². The molecule has 0 heterocycles. The summed E-state index contributed by atoms with van der Waals surface area (Å²) >= 11 is 0. The van der Waals surface area contributed by atoms with Crippen LogP contribution in [0.1, 0.15) is 23.1 Å². The van der Waals surface area contributed by atoms with Gasteiger partial charge in [-0.3, -0.25) is 9.63 Å². The fourth-order valence-electron chi connectivity index (χ4n) is 2.25. The van der Waals surface area contributed by atoms with E-state index in [9.17, 15) is 9.90 Å². The predicted octanol–water partition coefficient (Wildman–Crippen LogP) is 2.52. The summed E-state index contributed by atoms with van der Waals surface area (Å²) in [6, 6.07) is 18.4. The SMILES string of the molecule is CON(C)C(=O)[C@@H](c1ccccc1)[C@H](O)c1ccccc1. The van der Waals surface area contributed by atoms with Crippen LogP contribution in [-0.4, -0.2) is 30.2 Å². The van der Waals surface area contributed by atoms with Crippen molar-refractivity contribution in [1.29, 1.82) is 0 Å². The van der Waals surface area contributed by atoms with Crippen LogP contribution < -0.4 is 0 Å². The van der Waals surface area contributed by atoms with Gasteiger partial charge in [-0.25, -0.2) is 5.06 Å². The van der Waals surface area contributed by atoms with Crippen molar-refractivity contribution >= 4 is 5.91 Å². The minimum Gasteiger partial charge on any atom is -0.387 e. The molecule has 2 aromatic rings. The number of aliphatic hydroxyl groups is 1. The summed E-state index contributed by atoms with van der Waals surface area (Å²) in [5.41, 5.74) is 1.45. The molecule has 0 bridgehead atoms. The minimum atomic E-state index is -0.932. The van der Waals surface area contributed by atoms with Gasteiger partial charge in [-0.1, -0.05) is 60.7 Å². The molecule has 0 spiro atoms. The van der Waals surface area contributed by atoms with Crippen LogP contribution in [0.3, 0.4) is 0 Å². The Morgan fingerprint density at radius 3 is 1.95 bits per heavy atom. The Morgan fingerprint density at radius 1 is 1.00 bits per heavy atom. The highest BCUT2D eigenvalue weighted by Gasteiger charge is 2.32. The van der Waals surface area contributed by atoms with E-state index < -0.39 is 12.0 Å². The molecular formula is C17H19NO3. The van der Waals surface area contributed by atoms with E-state index >= 15 is 0 Å². The summed E-state index contributed by atoms with van der Waals surface area (Å²) < 4.78 is 0. The fourth-order valence-corrected chi connectivity index (χ4v) is 2.25. The molecule has 0 aliphatic rings. The van der Waals surface area contributed by atoms with Gasteiger partial charge in [0.05, 0.1) is 19.1 Å². The van der Waals surface area contributed by atoms with Crippen LogP contribution in [0.4, 0.5) is 0 Å². The standard InChI is InChI=1S/C17H19NO3/c1-18(21-2)17(20)15(13-9-5-3-6-10-13)16(19)14-11-7-4-8-12-14/h3-12,15-16,19H,1-2H3/t15-,16+/m0/s1. The molecule has 0 aliphatic heterocycles. The molecule has 2 atom stereocenters. The number of likely N-dealkylation sites (N-methyl/N-ethyl adjacent to an activating group) is 1. The zero-order chi connectivity index (χ0) is 15.2. The average Bonchev–Trinajstić information content (AvgIpc) is 2.56. The van der Waals surface area contributed by atoms with Crippen LogP contribution in [0.15, 0.2) is 60.7 Å². The molecule has 2 rings (SSSR count). The monoisotopic (exact) mass is 285 g/mol. The van der Waals surface area contributed by atoms with Gasteiger partial charge in [0.15, 0.2) is 0 Å². The molecule has 4 heteroatoms. The van der Waals surface area contributed by atoms with Gasteiger partial charge in [0.25, 0.3) is 5.91 Å². The highest BCUT2D eigenvalue weighted by atomic mass is 16.7. The Morgan fingerprint density at radius 2 is 1.48 bits per heavy atom. The van der Waals surface area contributed by atoms with E-state index in [1.54, 1.807) is 12.1 Å². The molecule has 21 heavy (non-hydrogen) atoms. The number of nitrogens with zero attached hydrogens (tertiary/aromatic N) is 1. The molecule has 1 amide bonds. The molecule has 1 N–H and O–H groups in total. The lowest BCUT2D eigenvalue weighted by Crippen LogP contribution is -2.34. The summed E-state index contributed by atoms with van der Waals surface area (Å²) in [5.74, 6) is -1.00. The van der Waals surface area contributed by atoms with Crippen LogP contribution in [0.2, 0.25) is 0 Å². The quantitative estimate of drug-likeness (QED) is 0.859. The molecule has 0 radical (unpaired) electrons. The molecular weight excluding hydrogens is 266 g/mol. The highest BCUT2D eigenvalue weighted by Crippen LogP contribution is 2.32. The first-order valence-electron chi connectivity index (χ1n) is 6.74. The normalized spacial score (nSPS) is 13.5. The van der Waals surface area contributed by atoms with Gasteiger partial charge in [-0.05, 0) is 11.1 Å². The lowest BCUT2D eigenvalue weighted by atomic mass is 9.88. The van der Waals surface area contributed by atoms with Gasteiger partial charge in [-0.2, -0.15) is 0 Å². The molecule has 4 nitrogen and oxygen atoms in total. The second-order valence-corrected chi connectivity index (χ2v) is 4.76. The number of benzene rings is 2. The molecule has 0 unspecified atom stereocenters.